The van der Waals surface area contributed by atoms with Gasteiger partial charge in [0.1, 0.15) is 5.82 Å². The number of rotatable bonds is 6. The van der Waals surface area contributed by atoms with Crippen LogP contribution in [0.15, 0.2) is 12.4 Å². The van der Waals surface area contributed by atoms with E-state index in [0.717, 1.165) is 31.8 Å². The molecule has 1 atom stereocenters. The lowest BCUT2D eigenvalue weighted by atomic mass is 10.2. The SMILES string of the molecule is CCCC(N)CN(C)Cc1nccn1C. The molecule has 15 heavy (non-hydrogen) atoms. The average molecular weight is 210 g/mol. The smallest absolute Gasteiger partial charge is 0.122 e. The lowest BCUT2D eigenvalue weighted by Crippen LogP contribution is -2.35. The van der Waals surface area contributed by atoms with E-state index in [-0.39, 0.29) is 6.04 Å². The van der Waals surface area contributed by atoms with Crippen LogP contribution in [0.4, 0.5) is 0 Å². The number of aromatic nitrogens is 2. The molecule has 1 heterocycles. The van der Waals surface area contributed by atoms with Gasteiger partial charge in [-0.3, -0.25) is 4.90 Å². The van der Waals surface area contributed by atoms with Gasteiger partial charge in [0, 0.05) is 32.0 Å². The molecule has 1 aromatic heterocycles. The molecule has 4 heteroatoms. The zero-order valence-corrected chi connectivity index (χ0v) is 9.98. The molecule has 1 aromatic rings. The number of hydrogen-bond acceptors (Lipinski definition) is 3. The summed E-state index contributed by atoms with van der Waals surface area (Å²) < 4.78 is 2.04. The number of nitrogens with two attached hydrogens (primary N) is 1. The van der Waals surface area contributed by atoms with Crippen molar-refractivity contribution >= 4 is 0 Å². The Labute approximate surface area is 92.1 Å². The lowest BCUT2D eigenvalue weighted by Gasteiger charge is -2.20. The molecule has 0 aliphatic carbocycles. The molecule has 2 N–H and O–H groups in total. The van der Waals surface area contributed by atoms with Gasteiger partial charge in [0.05, 0.1) is 6.54 Å². The zero-order chi connectivity index (χ0) is 11.3. The third-order valence-corrected chi connectivity index (χ3v) is 2.54. The largest absolute Gasteiger partial charge is 0.337 e. The normalized spacial score (nSPS) is 13.4. The Kier molecular flexibility index (Phi) is 4.78. The second kappa shape index (κ2) is 5.88. The molecule has 4 nitrogen and oxygen atoms in total. The summed E-state index contributed by atoms with van der Waals surface area (Å²) in [6, 6.07) is 0.278. The number of hydrogen-bond donors (Lipinski definition) is 1. The van der Waals surface area contributed by atoms with E-state index in [0.29, 0.717) is 0 Å². The number of imidazole rings is 1. The molecule has 0 spiro atoms. The summed E-state index contributed by atoms with van der Waals surface area (Å²) in [6.07, 6.45) is 6.03. The first-order chi connectivity index (χ1) is 7.13. The van der Waals surface area contributed by atoms with Crippen LogP contribution >= 0.6 is 0 Å². The van der Waals surface area contributed by atoms with Crippen LogP contribution in [0.25, 0.3) is 0 Å². The van der Waals surface area contributed by atoms with Crippen molar-refractivity contribution in [3.05, 3.63) is 18.2 Å². The van der Waals surface area contributed by atoms with Gasteiger partial charge in [0.15, 0.2) is 0 Å². The van der Waals surface area contributed by atoms with Crippen LogP contribution in [0, 0.1) is 0 Å². The summed E-state index contributed by atoms with van der Waals surface area (Å²) in [7, 11) is 4.10. The van der Waals surface area contributed by atoms with Gasteiger partial charge >= 0.3 is 0 Å². The number of likely N-dealkylation sites (N-methyl/N-ethyl adjacent to an activating group) is 1. The Morgan fingerprint density at radius 1 is 1.60 bits per heavy atom. The van der Waals surface area contributed by atoms with Gasteiger partial charge in [0.25, 0.3) is 0 Å². The molecule has 0 bridgehead atoms. The van der Waals surface area contributed by atoms with E-state index in [1.54, 1.807) is 0 Å². The second-order valence-corrected chi connectivity index (χ2v) is 4.20. The van der Waals surface area contributed by atoms with Gasteiger partial charge < -0.3 is 10.3 Å². The molecule has 0 radical (unpaired) electrons. The summed E-state index contributed by atoms with van der Waals surface area (Å²) in [4.78, 5) is 6.51. The Morgan fingerprint density at radius 2 is 2.33 bits per heavy atom. The Morgan fingerprint density at radius 3 is 2.87 bits per heavy atom. The van der Waals surface area contributed by atoms with Crippen molar-refractivity contribution in [1.29, 1.82) is 0 Å². The van der Waals surface area contributed by atoms with Gasteiger partial charge in [-0.25, -0.2) is 4.98 Å². The highest BCUT2D eigenvalue weighted by Crippen LogP contribution is 2.01. The standard InChI is InChI=1S/C11H22N4/c1-4-5-10(12)8-14(2)9-11-13-6-7-15(11)3/h6-7,10H,4-5,8-9,12H2,1-3H3. The second-order valence-electron chi connectivity index (χ2n) is 4.20. The fourth-order valence-corrected chi connectivity index (χ4v) is 1.72. The summed E-state index contributed by atoms with van der Waals surface area (Å²) in [5.41, 5.74) is 5.98. The maximum atomic E-state index is 5.98. The van der Waals surface area contributed by atoms with Crippen molar-refractivity contribution in [3.63, 3.8) is 0 Å². The van der Waals surface area contributed by atoms with Gasteiger partial charge in [-0.2, -0.15) is 0 Å². The minimum atomic E-state index is 0.278. The molecule has 0 saturated carbocycles. The summed E-state index contributed by atoms with van der Waals surface area (Å²) in [5, 5.41) is 0. The monoisotopic (exact) mass is 210 g/mol. The molecule has 0 fully saturated rings. The van der Waals surface area contributed by atoms with Crippen LogP contribution < -0.4 is 5.73 Å². The molecule has 1 rings (SSSR count). The molecule has 0 aliphatic heterocycles. The van der Waals surface area contributed by atoms with Crippen molar-refractivity contribution < 1.29 is 0 Å². The van der Waals surface area contributed by atoms with Crippen molar-refractivity contribution in [2.45, 2.75) is 32.4 Å². The molecular weight excluding hydrogens is 188 g/mol. The summed E-state index contributed by atoms with van der Waals surface area (Å²) in [6.45, 7) is 3.96. The topological polar surface area (TPSA) is 47.1 Å². The van der Waals surface area contributed by atoms with Gasteiger partial charge in [0.2, 0.25) is 0 Å². The van der Waals surface area contributed by atoms with Gasteiger partial charge in [-0.15, -0.1) is 0 Å². The quantitative estimate of drug-likeness (QED) is 0.761. The van der Waals surface area contributed by atoms with Crippen LogP contribution in [-0.4, -0.2) is 34.1 Å². The average Bonchev–Trinajstić information content (AvgIpc) is 2.52. The molecule has 0 aromatic carbocycles. The van der Waals surface area contributed by atoms with E-state index in [1.807, 2.05) is 24.0 Å². The molecule has 0 amide bonds. The Bertz CT molecular complexity index is 282. The van der Waals surface area contributed by atoms with E-state index in [4.69, 9.17) is 5.73 Å². The van der Waals surface area contributed by atoms with Crippen LogP contribution in [-0.2, 0) is 13.6 Å². The highest BCUT2D eigenvalue weighted by atomic mass is 15.2. The lowest BCUT2D eigenvalue weighted by molar-refractivity contribution is 0.287. The number of nitrogens with zero attached hydrogens (tertiary/aromatic N) is 3. The predicted octanol–water partition coefficient (Wildman–Crippen LogP) is 0.979. The van der Waals surface area contributed by atoms with Crippen molar-refractivity contribution in [1.82, 2.24) is 14.5 Å². The Balaban J connectivity index is 2.36. The minimum absolute atomic E-state index is 0.278. The fourth-order valence-electron chi connectivity index (χ4n) is 1.72. The minimum Gasteiger partial charge on any atom is -0.337 e. The van der Waals surface area contributed by atoms with Gasteiger partial charge in [-0.1, -0.05) is 13.3 Å². The first-order valence-electron chi connectivity index (χ1n) is 5.53. The summed E-state index contributed by atoms with van der Waals surface area (Å²) in [5.74, 6) is 1.08. The van der Waals surface area contributed by atoms with E-state index in [2.05, 4.69) is 23.9 Å². The first-order valence-corrected chi connectivity index (χ1v) is 5.53. The fraction of sp³-hybridized carbons (Fsp3) is 0.727. The van der Waals surface area contributed by atoms with E-state index in [1.165, 1.54) is 0 Å². The van der Waals surface area contributed by atoms with Gasteiger partial charge in [-0.05, 0) is 13.5 Å². The van der Waals surface area contributed by atoms with Crippen LogP contribution in [0.2, 0.25) is 0 Å². The van der Waals surface area contributed by atoms with Crippen LogP contribution in [0.3, 0.4) is 0 Å². The maximum Gasteiger partial charge on any atom is 0.122 e. The van der Waals surface area contributed by atoms with Crippen molar-refractivity contribution in [3.8, 4) is 0 Å². The molecule has 0 saturated heterocycles. The third-order valence-electron chi connectivity index (χ3n) is 2.54. The molecule has 1 unspecified atom stereocenters. The van der Waals surface area contributed by atoms with E-state index in [9.17, 15) is 0 Å². The zero-order valence-electron chi connectivity index (χ0n) is 9.98. The first kappa shape index (κ1) is 12.2. The molecule has 0 aliphatic rings. The van der Waals surface area contributed by atoms with Crippen LogP contribution in [0.1, 0.15) is 25.6 Å². The number of aryl methyl sites for hydroxylation is 1. The third kappa shape index (κ3) is 4.01. The molecular formula is C11H22N4. The Hall–Kier alpha value is -0.870. The van der Waals surface area contributed by atoms with E-state index < -0.39 is 0 Å². The van der Waals surface area contributed by atoms with Crippen molar-refractivity contribution in [2.24, 2.45) is 12.8 Å². The van der Waals surface area contributed by atoms with Crippen molar-refractivity contribution in [2.75, 3.05) is 13.6 Å². The molecule has 86 valence electrons. The highest BCUT2D eigenvalue weighted by Gasteiger charge is 2.08. The predicted molar refractivity (Wildman–Crippen MR) is 62.4 cm³/mol. The van der Waals surface area contributed by atoms with Crippen LogP contribution in [0.5, 0.6) is 0 Å². The van der Waals surface area contributed by atoms with E-state index >= 15 is 0 Å². The highest BCUT2D eigenvalue weighted by molar-refractivity contribution is 4.90. The maximum absolute atomic E-state index is 5.98. The summed E-state index contributed by atoms with van der Waals surface area (Å²) >= 11 is 0.